The smallest absolute Gasteiger partial charge is 0.183 e. The molecule has 0 fully saturated rings. The fraction of sp³-hybridized carbons (Fsp3) is 0.360. The van der Waals surface area contributed by atoms with E-state index in [9.17, 15) is 0 Å². The van der Waals surface area contributed by atoms with Crippen LogP contribution in [-0.4, -0.2) is 23.0 Å². The minimum Gasteiger partial charge on any atom is -0.418 e. The summed E-state index contributed by atoms with van der Waals surface area (Å²) in [4.78, 5) is 0. The third-order valence-electron chi connectivity index (χ3n) is 6.10. The molecule has 0 aromatic heterocycles. The molecule has 2 aromatic rings. The summed E-state index contributed by atoms with van der Waals surface area (Å²) >= 11 is 0. The average Bonchev–Trinajstić information content (AvgIpc) is 3.25. The van der Waals surface area contributed by atoms with Crippen molar-refractivity contribution >= 4 is 22.0 Å². The van der Waals surface area contributed by atoms with Crippen LogP contribution in [0.25, 0.3) is 16.7 Å². The van der Waals surface area contributed by atoms with Gasteiger partial charge in [-0.3, -0.25) is 0 Å². The minimum absolute atomic E-state index is 0.915. The molecule has 0 saturated heterocycles. The van der Waals surface area contributed by atoms with E-state index in [1.54, 1.807) is 10.8 Å². The summed E-state index contributed by atoms with van der Waals surface area (Å²) in [6.45, 7) is 12.8. The zero-order valence-corrected chi connectivity index (χ0v) is 19.9. The van der Waals surface area contributed by atoms with Gasteiger partial charge in [0, 0.05) is 6.61 Å². The van der Waals surface area contributed by atoms with Gasteiger partial charge in [-0.15, -0.1) is 0 Å². The Bertz CT molecular complexity index is 961. The SMILES string of the molecule is C[Si](C)(C)OCC[Si](C)(C)C1=C(c2cccc3c2Cc2ccccc2-3)CC=C1. The van der Waals surface area contributed by atoms with E-state index in [1.807, 2.05) is 0 Å². The second-order valence-electron chi connectivity index (χ2n) is 9.76. The van der Waals surface area contributed by atoms with Crippen LogP contribution < -0.4 is 0 Å². The predicted molar refractivity (Wildman–Crippen MR) is 127 cm³/mol. The molecular weight excluding hydrogens is 372 g/mol. The first-order valence-electron chi connectivity index (χ1n) is 10.5. The first-order valence-corrected chi connectivity index (χ1v) is 17.1. The van der Waals surface area contributed by atoms with Crippen molar-refractivity contribution in [2.75, 3.05) is 6.61 Å². The number of hydrogen-bond acceptors (Lipinski definition) is 1. The van der Waals surface area contributed by atoms with Gasteiger partial charge in [0.2, 0.25) is 0 Å². The third kappa shape index (κ3) is 3.76. The van der Waals surface area contributed by atoms with E-state index < -0.39 is 16.4 Å². The van der Waals surface area contributed by atoms with Crippen LogP contribution in [0, 0.1) is 0 Å². The molecule has 4 rings (SSSR count). The summed E-state index contributed by atoms with van der Waals surface area (Å²) in [6.07, 6.45) is 6.95. The normalized spacial score (nSPS) is 15.9. The summed E-state index contributed by atoms with van der Waals surface area (Å²) in [5.41, 5.74) is 8.93. The summed E-state index contributed by atoms with van der Waals surface area (Å²) in [7, 11) is -2.98. The van der Waals surface area contributed by atoms with E-state index in [4.69, 9.17) is 4.43 Å². The molecule has 0 radical (unpaired) electrons. The number of allylic oxidation sites excluding steroid dienone is 4. The Balaban J connectivity index is 1.68. The van der Waals surface area contributed by atoms with Crippen molar-refractivity contribution in [3.8, 4) is 11.1 Å². The molecule has 1 nitrogen and oxygen atoms in total. The molecule has 2 aliphatic carbocycles. The lowest BCUT2D eigenvalue weighted by Crippen LogP contribution is -2.33. The summed E-state index contributed by atoms with van der Waals surface area (Å²) in [6, 6.07) is 17.0. The van der Waals surface area contributed by atoms with Gasteiger partial charge in [0.25, 0.3) is 0 Å². The van der Waals surface area contributed by atoms with Crippen LogP contribution in [0.15, 0.2) is 59.8 Å². The molecule has 0 unspecified atom stereocenters. The van der Waals surface area contributed by atoms with E-state index in [-0.39, 0.29) is 0 Å². The van der Waals surface area contributed by atoms with Gasteiger partial charge in [-0.2, -0.15) is 0 Å². The van der Waals surface area contributed by atoms with Crippen molar-refractivity contribution in [3.05, 3.63) is 76.5 Å². The maximum absolute atomic E-state index is 6.21. The Morgan fingerprint density at radius 3 is 2.36 bits per heavy atom. The largest absolute Gasteiger partial charge is 0.418 e. The first kappa shape index (κ1) is 19.6. The van der Waals surface area contributed by atoms with Gasteiger partial charge in [0.1, 0.15) is 0 Å². The molecule has 146 valence electrons. The topological polar surface area (TPSA) is 9.23 Å². The van der Waals surface area contributed by atoms with Gasteiger partial charge >= 0.3 is 0 Å². The summed E-state index contributed by atoms with van der Waals surface area (Å²) in [5.74, 6) is 0. The van der Waals surface area contributed by atoms with Gasteiger partial charge in [0.05, 0.1) is 8.07 Å². The van der Waals surface area contributed by atoms with Crippen LogP contribution in [-0.2, 0) is 10.8 Å². The Labute approximate surface area is 172 Å². The maximum atomic E-state index is 6.21. The zero-order valence-electron chi connectivity index (χ0n) is 17.9. The van der Waals surface area contributed by atoms with Crippen molar-refractivity contribution in [2.45, 2.75) is 51.6 Å². The van der Waals surface area contributed by atoms with Gasteiger partial charge in [-0.25, -0.2) is 0 Å². The molecule has 0 heterocycles. The highest BCUT2D eigenvalue weighted by molar-refractivity contribution is 6.86. The van der Waals surface area contributed by atoms with Crippen LogP contribution in [0.4, 0.5) is 0 Å². The number of hydrogen-bond donors (Lipinski definition) is 0. The maximum Gasteiger partial charge on any atom is 0.183 e. The molecule has 28 heavy (non-hydrogen) atoms. The zero-order chi connectivity index (χ0) is 19.9. The van der Waals surface area contributed by atoms with Crippen molar-refractivity contribution in [3.63, 3.8) is 0 Å². The molecule has 2 aliphatic rings. The van der Waals surface area contributed by atoms with E-state index in [2.05, 4.69) is 87.4 Å². The lowest BCUT2D eigenvalue weighted by atomic mass is 9.95. The Hall–Kier alpha value is -1.69. The standard InChI is InChI=1S/C25H32OSi2/c1-27(2,3)26-16-17-28(4,5)25-15-9-14-23(25)22-13-8-12-21-20-11-7-6-10-19(20)18-24(21)22/h6-13,15H,14,16-18H2,1-5H3. The molecule has 0 bridgehead atoms. The minimum atomic E-state index is -1.54. The molecule has 2 aromatic carbocycles. The highest BCUT2D eigenvalue weighted by atomic mass is 28.4. The lowest BCUT2D eigenvalue weighted by Gasteiger charge is -2.28. The fourth-order valence-corrected chi connectivity index (χ4v) is 8.00. The van der Waals surface area contributed by atoms with E-state index in [0.29, 0.717) is 0 Å². The van der Waals surface area contributed by atoms with Crippen molar-refractivity contribution in [1.29, 1.82) is 0 Å². The van der Waals surface area contributed by atoms with Crippen LogP contribution in [0.2, 0.25) is 38.8 Å². The quantitative estimate of drug-likeness (QED) is 0.399. The molecular formula is C25H32OSi2. The van der Waals surface area contributed by atoms with Gasteiger partial charge in [0.15, 0.2) is 8.32 Å². The number of rotatable bonds is 6. The monoisotopic (exact) mass is 404 g/mol. The molecule has 0 amide bonds. The Kier molecular flexibility index (Phi) is 5.11. The van der Waals surface area contributed by atoms with Crippen LogP contribution in [0.3, 0.4) is 0 Å². The first-order chi connectivity index (χ1) is 13.3. The predicted octanol–water partition coefficient (Wildman–Crippen LogP) is 7.07. The van der Waals surface area contributed by atoms with Crippen LogP contribution in [0.1, 0.15) is 23.1 Å². The van der Waals surface area contributed by atoms with Crippen molar-refractivity contribution in [1.82, 2.24) is 0 Å². The van der Waals surface area contributed by atoms with E-state index in [1.165, 1.54) is 33.9 Å². The Morgan fingerprint density at radius 1 is 0.857 bits per heavy atom. The molecule has 0 saturated carbocycles. The molecule has 0 N–H and O–H groups in total. The van der Waals surface area contributed by atoms with E-state index >= 15 is 0 Å². The average molecular weight is 405 g/mol. The summed E-state index contributed by atoms with van der Waals surface area (Å²) < 4.78 is 6.21. The van der Waals surface area contributed by atoms with Crippen LogP contribution in [0.5, 0.6) is 0 Å². The molecule has 3 heteroatoms. The Morgan fingerprint density at radius 2 is 1.57 bits per heavy atom. The summed E-state index contributed by atoms with van der Waals surface area (Å²) in [5, 5.41) is 1.64. The van der Waals surface area contributed by atoms with Gasteiger partial charge in [-0.05, 0) is 71.9 Å². The number of fused-ring (bicyclic) bond motifs is 3. The highest BCUT2D eigenvalue weighted by Crippen LogP contribution is 2.44. The van der Waals surface area contributed by atoms with Crippen molar-refractivity contribution < 1.29 is 4.43 Å². The second kappa shape index (κ2) is 7.29. The van der Waals surface area contributed by atoms with Gasteiger partial charge in [-0.1, -0.05) is 72.9 Å². The lowest BCUT2D eigenvalue weighted by molar-refractivity contribution is 0.332. The molecule has 0 spiro atoms. The number of benzene rings is 2. The second-order valence-corrected chi connectivity index (χ2v) is 19.1. The van der Waals surface area contributed by atoms with E-state index in [0.717, 1.165) is 19.4 Å². The van der Waals surface area contributed by atoms with Crippen molar-refractivity contribution in [2.24, 2.45) is 0 Å². The molecule has 0 aliphatic heterocycles. The molecule has 0 atom stereocenters. The van der Waals surface area contributed by atoms with Crippen LogP contribution >= 0.6 is 0 Å². The highest BCUT2D eigenvalue weighted by Gasteiger charge is 2.31. The fourth-order valence-electron chi connectivity index (χ4n) is 4.58. The third-order valence-corrected chi connectivity index (χ3v) is 10.5. The van der Waals surface area contributed by atoms with Gasteiger partial charge < -0.3 is 4.43 Å².